The first-order chi connectivity index (χ1) is 17.4. The second-order valence-corrected chi connectivity index (χ2v) is 28.9. The summed E-state index contributed by atoms with van der Waals surface area (Å²) in [6.45, 7) is 14.8. The summed E-state index contributed by atoms with van der Waals surface area (Å²) in [6, 6.07) is 29.8. The summed E-state index contributed by atoms with van der Waals surface area (Å²) in [4.78, 5) is 0. The van der Waals surface area contributed by atoms with Crippen molar-refractivity contribution in [3.05, 3.63) is 124 Å². The normalized spacial score (nSPS) is 17.8. The van der Waals surface area contributed by atoms with Gasteiger partial charge in [-0.3, -0.25) is 0 Å². The van der Waals surface area contributed by atoms with E-state index in [4.69, 9.17) is 0 Å². The van der Waals surface area contributed by atoms with E-state index in [0.29, 0.717) is 3.63 Å². The first-order valence-corrected chi connectivity index (χ1v) is 22.1. The molecule has 6 rings (SSSR count). The topological polar surface area (TPSA) is 0 Å². The van der Waals surface area contributed by atoms with E-state index in [0.717, 1.165) is 3.63 Å². The van der Waals surface area contributed by atoms with Gasteiger partial charge >= 0.3 is 225 Å². The molecule has 4 aromatic carbocycles. The van der Waals surface area contributed by atoms with Gasteiger partial charge in [0, 0.05) is 0 Å². The Morgan fingerprint density at radius 2 is 1.22 bits per heavy atom. The Balaban J connectivity index is 1.58. The molecule has 1 atom stereocenters. The predicted octanol–water partition coefficient (Wildman–Crippen LogP) is 9.82. The van der Waals surface area contributed by atoms with Gasteiger partial charge in [-0.1, -0.05) is 0 Å². The third-order valence-electron chi connectivity index (χ3n) is 8.79. The SMILES string of the molecule is CC1=C(C)[CH]([Zr]([CH]2C=C(c3cccc4cc5ccccc5cc34)c3ccccc32)=[Si](C)C)C(C)=C1C. The van der Waals surface area contributed by atoms with Crippen LogP contribution in [0.15, 0.2) is 107 Å². The molecule has 0 fully saturated rings. The summed E-state index contributed by atoms with van der Waals surface area (Å²) in [7, 11) is 0. The number of rotatable bonds is 3. The minimum absolute atomic E-state index is 0.383. The molecule has 2 aliphatic rings. The maximum atomic E-state index is 2.73. The number of allylic oxidation sites excluding steroid dienone is 5. The van der Waals surface area contributed by atoms with Crippen LogP contribution in [0.2, 0.25) is 16.7 Å². The molecule has 36 heavy (non-hydrogen) atoms. The molecule has 0 nitrogen and oxygen atoms in total. The summed E-state index contributed by atoms with van der Waals surface area (Å²) in [5, 5.41) is 5.35. The van der Waals surface area contributed by atoms with Gasteiger partial charge < -0.3 is 0 Å². The van der Waals surface area contributed by atoms with Gasteiger partial charge in [0.05, 0.1) is 0 Å². The van der Waals surface area contributed by atoms with Gasteiger partial charge in [0.1, 0.15) is 0 Å². The van der Waals surface area contributed by atoms with E-state index < -0.39 is 20.4 Å². The number of fused-ring (bicyclic) bond motifs is 3. The van der Waals surface area contributed by atoms with E-state index >= 15 is 0 Å². The van der Waals surface area contributed by atoms with Crippen molar-refractivity contribution in [1.82, 2.24) is 0 Å². The molecule has 178 valence electrons. The standard InChI is InChI=1S/C23H15.C9H13.C2H6Si.Zr/c1-2-8-18-15-23-19(14-17(18)7-1)9-5-11-21(23)22-13-12-16-6-3-4-10-20(16)22;1-6-5-7(2)9(4)8(6)3;1-3-2;/h1-15H;5H,1-4H3;1-2H3;. The fourth-order valence-corrected chi connectivity index (χ4v) is 27.2. The van der Waals surface area contributed by atoms with E-state index in [1.807, 2.05) is 0 Å². The summed E-state index contributed by atoms with van der Waals surface area (Å²) >= 11 is -1.96. The second-order valence-electron chi connectivity index (χ2n) is 10.9. The molecule has 0 heterocycles. The second kappa shape index (κ2) is 9.23. The van der Waals surface area contributed by atoms with Gasteiger partial charge in [-0.05, 0) is 0 Å². The average molecular weight is 562 g/mol. The molecule has 0 saturated heterocycles. The number of hydrogen-bond donors (Lipinski definition) is 0. The summed E-state index contributed by atoms with van der Waals surface area (Å²) in [5.41, 5.74) is 12.1. The fraction of sp³-hybridized carbons (Fsp3) is 0.235. The first kappa shape index (κ1) is 24.1. The Morgan fingerprint density at radius 1 is 0.639 bits per heavy atom. The Kier molecular flexibility index (Phi) is 6.17. The van der Waals surface area contributed by atoms with E-state index in [9.17, 15) is 0 Å². The molecule has 0 N–H and O–H groups in total. The van der Waals surface area contributed by atoms with Gasteiger partial charge in [-0.25, -0.2) is 0 Å². The van der Waals surface area contributed by atoms with Crippen molar-refractivity contribution in [3.63, 3.8) is 0 Å². The fourth-order valence-electron chi connectivity index (χ4n) is 6.65. The van der Waals surface area contributed by atoms with Crippen LogP contribution in [0.1, 0.15) is 48.0 Å². The van der Waals surface area contributed by atoms with Crippen LogP contribution < -0.4 is 0 Å². The first-order valence-electron chi connectivity index (χ1n) is 13.1. The Morgan fingerprint density at radius 3 is 1.92 bits per heavy atom. The molecule has 0 radical (unpaired) electrons. The van der Waals surface area contributed by atoms with Crippen LogP contribution in [0.25, 0.3) is 27.1 Å². The summed E-state index contributed by atoms with van der Waals surface area (Å²) in [5.74, 6) is 0. The van der Waals surface area contributed by atoms with Crippen molar-refractivity contribution < 1.29 is 20.4 Å². The molecule has 2 heteroatoms. The third kappa shape index (κ3) is 3.72. The molecular weight excluding hydrogens is 528 g/mol. The van der Waals surface area contributed by atoms with Crippen LogP contribution in [-0.2, 0) is 20.4 Å². The molecule has 0 bridgehead atoms. The molecule has 4 aromatic rings. The zero-order chi connectivity index (χ0) is 25.1. The number of benzene rings is 4. The maximum absolute atomic E-state index is 2.73. The molecule has 0 spiro atoms. The van der Waals surface area contributed by atoms with Crippen LogP contribution in [0.5, 0.6) is 0 Å². The van der Waals surface area contributed by atoms with E-state index in [-0.39, 0.29) is 5.43 Å². The van der Waals surface area contributed by atoms with E-state index in [2.05, 4.69) is 126 Å². The van der Waals surface area contributed by atoms with Gasteiger partial charge in [0.25, 0.3) is 0 Å². The Labute approximate surface area is 223 Å². The van der Waals surface area contributed by atoms with Gasteiger partial charge in [-0.2, -0.15) is 0 Å². The van der Waals surface area contributed by atoms with Crippen molar-refractivity contribution in [3.8, 4) is 0 Å². The van der Waals surface area contributed by atoms with Crippen LogP contribution >= 0.6 is 0 Å². The molecule has 0 saturated carbocycles. The third-order valence-corrected chi connectivity index (χ3v) is 28.5. The number of hydrogen-bond acceptors (Lipinski definition) is 0. The van der Waals surface area contributed by atoms with E-state index in [1.165, 1.54) is 38.2 Å². The quantitative estimate of drug-likeness (QED) is 0.172. The van der Waals surface area contributed by atoms with Crippen LogP contribution in [-0.4, -0.2) is 5.43 Å². The van der Waals surface area contributed by atoms with Crippen molar-refractivity contribution in [2.24, 2.45) is 0 Å². The van der Waals surface area contributed by atoms with E-state index in [1.54, 1.807) is 27.9 Å². The van der Waals surface area contributed by atoms with Gasteiger partial charge in [0.15, 0.2) is 0 Å². The van der Waals surface area contributed by atoms with Crippen molar-refractivity contribution in [1.29, 1.82) is 0 Å². The molecule has 1 unspecified atom stereocenters. The van der Waals surface area contributed by atoms with Crippen LogP contribution in [0, 0.1) is 0 Å². The average Bonchev–Trinajstić information content (AvgIpc) is 3.34. The molecule has 0 amide bonds. The minimum atomic E-state index is -1.96. The molecule has 0 aromatic heterocycles. The zero-order valence-corrected chi connectivity index (χ0v) is 25.7. The Bertz CT molecular complexity index is 1670. The van der Waals surface area contributed by atoms with Crippen LogP contribution in [0.4, 0.5) is 0 Å². The zero-order valence-electron chi connectivity index (χ0n) is 22.2. The van der Waals surface area contributed by atoms with Gasteiger partial charge in [0.2, 0.25) is 0 Å². The Hall–Kier alpha value is -2.28. The molecule has 2 aliphatic carbocycles. The van der Waals surface area contributed by atoms with Gasteiger partial charge in [-0.15, -0.1) is 0 Å². The molecular formula is C34H34SiZr. The predicted molar refractivity (Wildman–Crippen MR) is 156 cm³/mol. The van der Waals surface area contributed by atoms with Crippen LogP contribution in [0.3, 0.4) is 0 Å². The van der Waals surface area contributed by atoms with Crippen molar-refractivity contribution in [2.75, 3.05) is 0 Å². The van der Waals surface area contributed by atoms with Crippen molar-refractivity contribution >= 4 is 32.6 Å². The summed E-state index contributed by atoms with van der Waals surface area (Å²) in [6.07, 6.45) is 2.73. The van der Waals surface area contributed by atoms with Crippen molar-refractivity contribution in [2.45, 2.75) is 48.0 Å². The molecule has 0 aliphatic heterocycles. The monoisotopic (exact) mass is 560 g/mol. The summed E-state index contributed by atoms with van der Waals surface area (Å²) < 4.78 is 1.40.